The molecule has 0 aliphatic rings. The molecule has 5 rings (SSSR count). The van der Waals surface area contributed by atoms with Crippen LogP contribution in [0.3, 0.4) is 0 Å². The zero-order valence-corrected chi connectivity index (χ0v) is 25.7. The summed E-state index contributed by atoms with van der Waals surface area (Å²) in [4.78, 5) is 45.6. The van der Waals surface area contributed by atoms with Crippen LogP contribution in [0, 0.1) is 11.6 Å². The van der Waals surface area contributed by atoms with E-state index in [0.29, 0.717) is 34.8 Å². The van der Waals surface area contributed by atoms with Crippen LogP contribution in [-0.2, 0) is 22.7 Å². The van der Waals surface area contributed by atoms with Gasteiger partial charge < -0.3 is 20.1 Å². The molecule has 0 bridgehead atoms. The van der Waals surface area contributed by atoms with Crippen LogP contribution >= 0.6 is 11.3 Å². The average molecular weight is 654 g/mol. The molecule has 0 saturated heterocycles. The normalized spacial score (nSPS) is 11.2. The number of halogens is 2. The highest BCUT2D eigenvalue weighted by molar-refractivity contribution is 7.22. The van der Waals surface area contributed by atoms with Crippen molar-refractivity contribution in [2.75, 3.05) is 39.8 Å². The molecule has 13 nitrogen and oxygen atoms in total. The minimum atomic E-state index is -0.866. The van der Waals surface area contributed by atoms with E-state index in [2.05, 4.69) is 31.1 Å². The predicted octanol–water partition coefficient (Wildman–Crippen LogP) is 3.42. The van der Waals surface area contributed by atoms with E-state index in [0.717, 1.165) is 32.6 Å². The number of nitrogens with one attached hydrogen (secondary N) is 3. The molecule has 0 aliphatic heterocycles. The van der Waals surface area contributed by atoms with E-state index in [9.17, 15) is 23.2 Å². The van der Waals surface area contributed by atoms with Crippen molar-refractivity contribution in [2.24, 2.45) is 0 Å². The molecule has 0 fully saturated rings. The number of carbonyl (C=O) groups is 1. The topological polar surface area (TPSA) is 151 Å². The number of fused-ring (bicyclic) bond motifs is 1. The summed E-state index contributed by atoms with van der Waals surface area (Å²) in [7, 11) is 4.26. The second-order valence-electron chi connectivity index (χ2n) is 9.74. The molecule has 2 amide bonds. The second kappa shape index (κ2) is 14.4. The fourth-order valence-electron chi connectivity index (χ4n) is 4.74. The molecule has 3 aromatic heterocycles. The molecular formula is C30H29F2N7O6S. The molecule has 46 heavy (non-hydrogen) atoms. The van der Waals surface area contributed by atoms with Crippen molar-refractivity contribution in [2.45, 2.75) is 13.1 Å². The van der Waals surface area contributed by atoms with Gasteiger partial charge in [-0.1, -0.05) is 18.2 Å². The molecular weight excluding hydrogens is 624 g/mol. The van der Waals surface area contributed by atoms with Gasteiger partial charge in [0.05, 0.1) is 32.8 Å². The number of thiophene rings is 1. The van der Waals surface area contributed by atoms with Crippen LogP contribution in [0.4, 0.5) is 19.3 Å². The number of ether oxygens (including phenoxy) is 2. The molecule has 3 heterocycles. The number of amides is 2. The minimum Gasteiger partial charge on any atom is -0.480 e. The third-order valence-corrected chi connectivity index (χ3v) is 8.20. The molecule has 5 aromatic rings. The summed E-state index contributed by atoms with van der Waals surface area (Å²) in [5.74, 6) is -1.64. The molecule has 240 valence electrons. The summed E-state index contributed by atoms with van der Waals surface area (Å²) in [6.07, 6.45) is 0. The zero-order chi connectivity index (χ0) is 32.8. The summed E-state index contributed by atoms with van der Waals surface area (Å²) in [6.45, 7) is 0.517. The lowest BCUT2D eigenvalue weighted by Crippen LogP contribution is -2.40. The van der Waals surface area contributed by atoms with Gasteiger partial charge in [0.1, 0.15) is 16.5 Å². The van der Waals surface area contributed by atoms with E-state index in [1.165, 1.54) is 32.4 Å². The van der Waals surface area contributed by atoms with E-state index in [-0.39, 0.29) is 34.0 Å². The van der Waals surface area contributed by atoms with E-state index in [1.807, 2.05) is 0 Å². The summed E-state index contributed by atoms with van der Waals surface area (Å²) < 4.78 is 42.0. The van der Waals surface area contributed by atoms with Gasteiger partial charge in [-0.15, -0.1) is 21.5 Å². The van der Waals surface area contributed by atoms with Crippen molar-refractivity contribution in [3.8, 4) is 22.1 Å². The first-order valence-electron chi connectivity index (χ1n) is 13.8. The first kappa shape index (κ1) is 32.4. The Kier molecular flexibility index (Phi) is 10.1. The number of urea groups is 1. The van der Waals surface area contributed by atoms with Crippen LogP contribution in [0.1, 0.15) is 11.1 Å². The van der Waals surface area contributed by atoms with Crippen molar-refractivity contribution in [1.29, 1.82) is 0 Å². The minimum absolute atomic E-state index is 0.101. The van der Waals surface area contributed by atoms with Gasteiger partial charge >= 0.3 is 11.7 Å². The average Bonchev–Trinajstić information content (AvgIpc) is 3.43. The number of aromatic nitrogens is 4. The number of hydrogen-bond acceptors (Lipinski definition) is 10. The van der Waals surface area contributed by atoms with Crippen molar-refractivity contribution < 1.29 is 27.9 Å². The summed E-state index contributed by atoms with van der Waals surface area (Å²) >= 11 is 1.12. The highest BCUT2D eigenvalue weighted by Gasteiger charge is 2.25. The number of anilines is 1. The van der Waals surface area contributed by atoms with E-state index in [1.54, 1.807) is 31.4 Å². The van der Waals surface area contributed by atoms with Crippen molar-refractivity contribution in [3.63, 3.8) is 0 Å². The molecule has 16 heteroatoms. The van der Waals surface area contributed by atoms with Crippen LogP contribution in [0.5, 0.6) is 5.88 Å². The molecule has 0 unspecified atom stereocenters. The number of rotatable bonds is 12. The number of nitrogens with zero attached hydrogens (tertiary/aromatic N) is 4. The summed E-state index contributed by atoms with van der Waals surface area (Å²) in [5, 5.41) is 13.9. The Morgan fingerprint density at radius 3 is 2.33 bits per heavy atom. The highest BCUT2D eigenvalue weighted by Crippen LogP contribution is 2.38. The van der Waals surface area contributed by atoms with Gasteiger partial charge in [-0.3, -0.25) is 14.2 Å². The Morgan fingerprint density at radius 2 is 1.70 bits per heavy atom. The van der Waals surface area contributed by atoms with Crippen LogP contribution in [0.25, 0.3) is 26.5 Å². The molecule has 0 aliphatic carbocycles. The Hall–Kier alpha value is -5.03. The van der Waals surface area contributed by atoms with Gasteiger partial charge in [0.25, 0.3) is 5.56 Å². The lowest BCUT2D eigenvalue weighted by Gasteiger charge is -2.13. The number of benzene rings is 2. The predicted molar refractivity (Wildman–Crippen MR) is 167 cm³/mol. The quantitative estimate of drug-likeness (QED) is 0.136. The molecule has 0 radical (unpaired) electrons. The Balaban J connectivity index is 1.76. The Morgan fingerprint density at radius 1 is 0.957 bits per heavy atom. The van der Waals surface area contributed by atoms with E-state index >= 15 is 0 Å². The number of hydrogen-bond donors (Lipinski definition) is 3. The van der Waals surface area contributed by atoms with Crippen molar-refractivity contribution in [1.82, 2.24) is 30.1 Å². The number of carbonyl (C=O) groups excluding carboxylic acids is 1. The fraction of sp³-hybridized carbons (Fsp3) is 0.233. The van der Waals surface area contributed by atoms with Crippen LogP contribution in [0.2, 0.25) is 0 Å². The third kappa shape index (κ3) is 6.64. The third-order valence-electron chi connectivity index (χ3n) is 6.90. The van der Waals surface area contributed by atoms with Gasteiger partial charge in [0.15, 0.2) is 5.82 Å². The number of methoxy groups -OCH3 is 2. The van der Waals surface area contributed by atoms with Crippen LogP contribution < -0.4 is 32.1 Å². The summed E-state index contributed by atoms with van der Waals surface area (Å²) in [5.41, 5.74) is 1.92. The zero-order valence-electron chi connectivity index (χ0n) is 24.9. The molecule has 0 spiro atoms. The second-order valence-corrected chi connectivity index (χ2v) is 10.7. The van der Waals surface area contributed by atoms with E-state index in [4.69, 9.17) is 9.47 Å². The molecule has 3 N–H and O–H groups in total. The Bertz CT molecular complexity index is 1960. The lowest BCUT2D eigenvalue weighted by atomic mass is 10.1. The van der Waals surface area contributed by atoms with Crippen molar-refractivity contribution >= 4 is 33.3 Å². The lowest BCUT2D eigenvalue weighted by molar-refractivity contribution is 0.114. The van der Waals surface area contributed by atoms with Gasteiger partial charge in [0.2, 0.25) is 5.88 Å². The van der Waals surface area contributed by atoms with Crippen LogP contribution in [0.15, 0.2) is 64.2 Å². The van der Waals surface area contributed by atoms with Gasteiger partial charge in [-0.05, 0) is 41.5 Å². The first-order chi connectivity index (χ1) is 22.3. The smallest absolute Gasteiger partial charge is 0.343 e. The maximum Gasteiger partial charge on any atom is 0.343 e. The molecule has 0 atom stereocenters. The monoisotopic (exact) mass is 653 g/mol. The number of hydroxylamine groups is 1. The largest absolute Gasteiger partial charge is 0.480 e. The maximum absolute atomic E-state index is 14.9. The highest BCUT2D eigenvalue weighted by atomic mass is 32.1. The van der Waals surface area contributed by atoms with Gasteiger partial charge in [-0.25, -0.2) is 28.4 Å². The molecule has 0 saturated carbocycles. The van der Waals surface area contributed by atoms with Gasteiger partial charge in [-0.2, -0.15) is 0 Å². The van der Waals surface area contributed by atoms with Gasteiger partial charge in [0, 0.05) is 42.4 Å². The van der Waals surface area contributed by atoms with E-state index < -0.39 is 35.5 Å². The SMILES string of the molecule is COCCNCc1c(-c2ccc(NC(=O)NOC)cc2)sc2c1c(=O)n(-c1ccc(OC)nn1)c(=O)n2Cc1c(F)cccc1F. The fourth-order valence-corrected chi connectivity index (χ4v) is 6.05. The van der Waals surface area contributed by atoms with Crippen LogP contribution in [-0.4, -0.2) is 59.8 Å². The standard InChI is InChI=1S/C30H29F2N7O6S/c1-43-14-13-33-15-19-25-27(40)39(23-11-12-24(44-2)36-35-23)30(42)38(16-20-21(31)5-4-6-22(20)32)28(25)46-26(19)17-7-9-18(10-8-17)34-29(41)37-45-3/h4-12,33H,13-16H2,1-3H3,(H2,34,37,41). The molecule has 2 aromatic carbocycles. The van der Waals surface area contributed by atoms with Crippen molar-refractivity contribution in [3.05, 3.63) is 98.2 Å². The maximum atomic E-state index is 14.9. The Labute approximate surface area is 264 Å². The first-order valence-corrected chi connectivity index (χ1v) is 14.6. The summed E-state index contributed by atoms with van der Waals surface area (Å²) in [6, 6.07) is 12.5.